The first-order valence-electron chi connectivity index (χ1n) is 13.1. The van der Waals surface area contributed by atoms with Crippen molar-refractivity contribution in [1.82, 2.24) is 28.8 Å². The number of hydrogen-bond acceptors (Lipinski definition) is 14. The summed E-state index contributed by atoms with van der Waals surface area (Å²) in [5.41, 5.74) is -1.43. The highest BCUT2D eigenvalue weighted by molar-refractivity contribution is 6.48. The monoisotopic (exact) mass is 880 g/mol. The van der Waals surface area contributed by atoms with Crippen molar-refractivity contribution < 1.29 is 30.0 Å². The van der Waals surface area contributed by atoms with Crippen molar-refractivity contribution in [2.24, 2.45) is 0 Å². The van der Waals surface area contributed by atoms with Gasteiger partial charge in [0.1, 0.15) is 50.2 Å². The van der Waals surface area contributed by atoms with Crippen molar-refractivity contribution in [3.8, 4) is 47.3 Å². The maximum atomic E-state index is 11.1. The summed E-state index contributed by atoms with van der Waals surface area (Å²) in [4.78, 5) is 36.1. The van der Waals surface area contributed by atoms with Crippen LogP contribution in [0.15, 0.2) is 36.5 Å². The van der Waals surface area contributed by atoms with Gasteiger partial charge in [-0.3, -0.25) is 4.79 Å². The molecule has 5 heterocycles. The van der Waals surface area contributed by atoms with E-state index in [-0.39, 0.29) is 70.6 Å². The van der Waals surface area contributed by atoms with Gasteiger partial charge in [0, 0.05) is 29.8 Å². The lowest BCUT2D eigenvalue weighted by molar-refractivity contribution is -0.127. The second-order valence-corrected chi connectivity index (χ2v) is 12.4. The van der Waals surface area contributed by atoms with Gasteiger partial charge in [0.05, 0.1) is 5.02 Å². The van der Waals surface area contributed by atoms with Crippen LogP contribution in [-0.4, -0.2) is 66.7 Å². The Kier molecular flexibility index (Phi) is 18.2. The topological polar surface area (TPSA) is 268 Å². The van der Waals surface area contributed by atoms with Crippen LogP contribution in [0.4, 0.5) is 4.79 Å². The minimum absolute atomic E-state index is 0.0292. The first-order chi connectivity index (χ1) is 24.7. The highest BCUT2D eigenvalue weighted by Crippen LogP contribution is 2.37. The number of carbonyl (C=O) groups excluding carboxylic acids is 2. The van der Waals surface area contributed by atoms with Crippen molar-refractivity contribution in [2.45, 2.75) is 19.4 Å². The van der Waals surface area contributed by atoms with E-state index < -0.39 is 23.2 Å². The van der Waals surface area contributed by atoms with Crippen molar-refractivity contribution in [1.29, 1.82) is 21.0 Å². The second kappa shape index (κ2) is 20.9. The number of imide groups is 1. The third-order valence-corrected chi connectivity index (χ3v) is 8.27. The van der Waals surface area contributed by atoms with Crippen LogP contribution in [-0.2, 0) is 4.79 Å². The third-order valence-electron chi connectivity index (χ3n) is 5.51. The van der Waals surface area contributed by atoms with Crippen LogP contribution in [0.3, 0.4) is 0 Å². The number of pyridine rings is 4. The van der Waals surface area contributed by atoms with Crippen LogP contribution in [0, 0.1) is 45.3 Å². The van der Waals surface area contributed by atoms with Gasteiger partial charge >= 0.3 is 6.03 Å². The highest BCUT2D eigenvalue weighted by atomic mass is 35.5. The molecule has 4 aromatic heterocycles. The molecular weight excluding hydrogens is 868 g/mol. The number of aromatic hydroxyl groups is 4. The molecule has 1 aliphatic heterocycles. The second-order valence-electron chi connectivity index (χ2n) is 9.38. The highest BCUT2D eigenvalue weighted by Gasteiger charge is 2.51. The van der Waals surface area contributed by atoms with Crippen LogP contribution >= 0.6 is 93.2 Å². The first-order valence-corrected chi connectivity index (χ1v) is 16.0. The molecule has 0 spiro atoms. The van der Waals surface area contributed by atoms with Gasteiger partial charge in [-0.05, 0) is 44.2 Å². The Labute approximate surface area is 339 Å². The van der Waals surface area contributed by atoms with Gasteiger partial charge in [-0.15, -0.1) is 0 Å². The van der Waals surface area contributed by atoms with E-state index in [0.717, 1.165) is 4.42 Å². The molecular formula is C29H16Cl8N10O6. The zero-order chi connectivity index (χ0) is 40.8. The minimum atomic E-state index is -1.04. The third kappa shape index (κ3) is 12.6. The van der Waals surface area contributed by atoms with E-state index in [0.29, 0.717) is 4.42 Å². The van der Waals surface area contributed by atoms with Crippen LogP contribution in [0.25, 0.3) is 0 Å². The molecule has 1 saturated heterocycles. The summed E-state index contributed by atoms with van der Waals surface area (Å²) in [6.07, 6.45) is 1.46. The predicted octanol–water partition coefficient (Wildman–Crippen LogP) is 7.89. The van der Waals surface area contributed by atoms with Gasteiger partial charge in [-0.2, -0.15) is 25.5 Å². The standard InChI is InChI=1S/C6HCl3N2O.C6H2Cl2N2O.C6H3ClN2O.C6H4N2O.C5H6Cl2N2O2/c7-3-4(8)6(9)11-2(1-10)5(3)12;7-3-1-5(8)10-4(2-9)6(3)11;7-6-2-1-5(10)4(3-8)9-6;7-4-5-6(9)2-1-3-8-5;1-5(2)3(10)8(6)4(11)9(5)7/h12H;1,11H;1-2,10H;1-3,9H;1-2H3. The Balaban J connectivity index is 0.000000332. The van der Waals surface area contributed by atoms with Crippen molar-refractivity contribution in [3.05, 3.63) is 89.8 Å². The fraction of sp³-hybridized carbons (Fsp3) is 0.103. The number of rotatable bonds is 0. The van der Waals surface area contributed by atoms with E-state index in [1.807, 2.05) is 0 Å². The lowest BCUT2D eigenvalue weighted by atomic mass is 10.1. The molecule has 4 aromatic rings. The Morgan fingerprint density at radius 2 is 1.19 bits per heavy atom. The number of amides is 3. The fourth-order valence-electron chi connectivity index (χ4n) is 2.85. The van der Waals surface area contributed by atoms with Gasteiger partial charge in [0.2, 0.25) is 0 Å². The number of aromatic nitrogens is 4. The summed E-state index contributed by atoms with van der Waals surface area (Å²) in [5, 5.41) is 69.3. The molecule has 0 unspecified atom stereocenters. The maximum absolute atomic E-state index is 11.1. The molecule has 0 aromatic carbocycles. The molecule has 4 N–H and O–H groups in total. The van der Waals surface area contributed by atoms with E-state index in [2.05, 4.69) is 19.9 Å². The first kappa shape index (κ1) is 46.0. The Morgan fingerprint density at radius 3 is 1.60 bits per heavy atom. The smallest absolute Gasteiger partial charge is 0.357 e. The lowest BCUT2D eigenvalue weighted by Gasteiger charge is -2.18. The van der Waals surface area contributed by atoms with Gasteiger partial charge in [-0.25, -0.2) is 29.1 Å². The van der Waals surface area contributed by atoms with E-state index in [1.54, 1.807) is 30.3 Å². The van der Waals surface area contributed by atoms with Crippen molar-refractivity contribution in [3.63, 3.8) is 0 Å². The summed E-state index contributed by atoms with van der Waals surface area (Å²) >= 11 is 43.6. The summed E-state index contributed by atoms with van der Waals surface area (Å²) in [6.45, 7) is 3.03. The average molecular weight is 884 g/mol. The maximum Gasteiger partial charge on any atom is 0.357 e. The molecule has 53 heavy (non-hydrogen) atoms. The van der Waals surface area contributed by atoms with Gasteiger partial charge in [0.25, 0.3) is 5.91 Å². The number of hydrogen-bond donors (Lipinski definition) is 4. The number of carbonyl (C=O) groups is 2. The molecule has 1 fully saturated rings. The molecule has 0 atom stereocenters. The van der Waals surface area contributed by atoms with Crippen molar-refractivity contribution in [2.75, 3.05) is 0 Å². The van der Waals surface area contributed by atoms with E-state index in [1.165, 1.54) is 44.3 Å². The summed E-state index contributed by atoms with van der Waals surface area (Å²) < 4.78 is 1.26. The normalized spacial score (nSPS) is 12.0. The van der Waals surface area contributed by atoms with E-state index in [9.17, 15) is 9.59 Å². The molecule has 1 aliphatic rings. The molecule has 24 heteroatoms. The number of urea groups is 1. The lowest BCUT2D eigenvalue weighted by Crippen LogP contribution is -2.38. The predicted molar refractivity (Wildman–Crippen MR) is 192 cm³/mol. The molecule has 0 saturated carbocycles. The Morgan fingerprint density at radius 1 is 0.679 bits per heavy atom. The molecule has 16 nitrogen and oxygen atoms in total. The van der Waals surface area contributed by atoms with E-state index in [4.69, 9.17) is 135 Å². The van der Waals surface area contributed by atoms with Crippen LogP contribution < -0.4 is 0 Å². The number of nitrogens with zero attached hydrogens (tertiary/aromatic N) is 10. The van der Waals surface area contributed by atoms with E-state index >= 15 is 0 Å². The molecule has 0 bridgehead atoms. The van der Waals surface area contributed by atoms with Gasteiger partial charge in [0.15, 0.2) is 50.9 Å². The molecule has 3 amide bonds. The SMILES string of the molecule is CC1(C)C(=O)N(Cl)C(=O)N1Cl.N#Cc1nc(Cl)c(Cl)c(Cl)c1O.N#Cc1nc(Cl)cc(Cl)c1O.N#Cc1nc(Cl)ccc1O.N#Cc1ncccc1O. The summed E-state index contributed by atoms with van der Waals surface area (Å²) in [6, 6.07) is 13.0. The van der Waals surface area contributed by atoms with Crippen LogP contribution in [0.2, 0.25) is 30.5 Å². The Hall–Kier alpha value is -4.98. The quantitative estimate of drug-likeness (QED) is 0.0743. The van der Waals surface area contributed by atoms with Gasteiger partial charge in [-0.1, -0.05) is 69.6 Å². The van der Waals surface area contributed by atoms with Crippen LogP contribution in [0.5, 0.6) is 23.0 Å². The summed E-state index contributed by atoms with van der Waals surface area (Å²) in [7, 11) is 0. The zero-order valence-corrected chi connectivity index (χ0v) is 32.1. The molecule has 274 valence electrons. The largest absolute Gasteiger partial charge is 0.505 e. The molecule has 0 radical (unpaired) electrons. The number of nitriles is 4. The Bertz CT molecular complexity index is 2190. The van der Waals surface area contributed by atoms with Crippen molar-refractivity contribution >= 4 is 105 Å². The zero-order valence-electron chi connectivity index (χ0n) is 26.1. The minimum Gasteiger partial charge on any atom is -0.505 e. The fourth-order valence-corrected chi connectivity index (χ4v) is 4.45. The molecule has 5 rings (SSSR count). The average Bonchev–Trinajstić information content (AvgIpc) is 3.26. The van der Waals surface area contributed by atoms with Gasteiger partial charge < -0.3 is 20.4 Å². The number of halogens is 8. The molecule has 0 aliphatic carbocycles. The summed E-state index contributed by atoms with van der Waals surface area (Å²) in [5.74, 6) is -1.52. The van der Waals surface area contributed by atoms with Crippen LogP contribution in [0.1, 0.15) is 36.6 Å².